The molecule has 26 heavy (non-hydrogen) atoms. The molecule has 0 spiro atoms. The van der Waals surface area contributed by atoms with Crippen molar-refractivity contribution in [2.75, 3.05) is 13.2 Å². The Morgan fingerprint density at radius 3 is 2.46 bits per heavy atom. The molecule has 1 aromatic heterocycles. The van der Waals surface area contributed by atoms with E-state index in [9.17, 15) is 9.59 Å². The Kier molecular flexibility index (Phi) is 5.81. The van der Waals surface area contributed by atoms with E-state index in [0.29, 0.717) is 10.4 Å². The number of ether oxygens (including phenoxy) is 2. The molecule has 0 saturated heterocycles. The van der Waals surface area contributed by atoms with Crippen molar-refractivity contribution in [1.29, 1.82) is 0 Å². The van der Waals surface area contributed by atoms with Crippen LogP contribution in [0.5, 0.6) is 5.75 Å². The molecule has 0 saturated carbocycles. The van der Waals surface area contributed by atoms with Crippen LogP contribution >= 0.6 is 11.3 Å². The molecule has 0 unspecified atom stereocenters. The number of rotatable bonds is 7. The Morgan fingerprint density at radius 2 is 1.73 bits per heavy atom. The van der Waals surface area contributed by atoms with Gasteiger partial charge in [0.15, 0.2) is 0 Å². The second kappa shape index (κ2) is 8.45. The van der Waals surface area contributed by atoms with Crippen molar-refractivity contribution in [3.63, 3.8) is 0 Å². The molecule has 1 heterocycles. The lowest BCUT2D eigenvalue weighted by Gasteiger charge is -2.10. The Labute approximate surface area is 156 Å². The van der Waals surface area contributed by atoms with E-state index in [-0.39, 0.29) is 24.6 Å². The number of carbonyl (C=O) groups is 2. The van der Waals surface area contributed by atoms with E-state index >= 15 is 0 Å². The molecule has 0 fully saturated rings. The predicted molar refractivity (Wildman–Crippen MR) is 101 cm³/mol. The van der Waals surface area contributed by atoms with Gasteiger partial charge in [-0.05, 0) is 42.1 Å². The van der Waals surface area contributed by atoms with E-state index in [1.807, 2.05) is 42.6 Å². The molecule has 0 bridgehead atoms. The van der Waals surface area contributed by atoms with Gasteiger partial charge in [-0.2, -0.15) is 0 Å². The number of hydrogen-bond acceptors (Lipinski definition) is 5. The van der Waals surface area contributed by atoms with Crippen molar-refractivity contribution in [3.05, 3.63) is 87.6 Å². The topological polar surface area (TPSA) is 52.6 Å². The minimum atomic E-state index is -0.529. The zero-order valence-electron chi connectivity index (χ0n) is 14.3. The third kappa shape index (κ3) is 4.37. The van der Waals surface area contributed by atoms with Crippen LogP contribution in [0.1, 0.15) is 31.2 Å². The summed E-state index contributed by atoms with van der Waals surface area (Å²) in [6, 6.07) is 17.9. The van der Waals surface area contributed by atoms with Gasteiger partial charge in [0.25, 0.3) is 0 Å². The van der Waals surface area contributed by atoms with Crippen LogP contribution in [0.15, 0.2) is 66.0 Å². The second-order valence-corrected chi connectivity index (χ2v) is 6.60. The summed E-state index contributed by atoms with van der Waals surface area (Å²) < 4.78 is 10.8. The minimum absolute atomic E-state index is 0.105. The van der Waals surface area contributed by atoms with Gasteiger partial charge >= 0.3 is 5.97 Å². The van der Waals surface area contributed by atoms with Crippen LogP contribution in [0.2, 0.25) is 0 Å². The molecule has 3 rings (SSSR count). The number of esters is 1. The fraction of sp³-hybridized carbons (Fsp3) is 0.143. The van der Waals surface area contributed by atoms with E-state index in [4.69, 9.17) is 9.47 Å². The maximum absolute atomic E-state index is 12.6. The molecule has 4 nitrogen and oxygen atoms in total. The monoisotopic (exact) mass is 366 g/mol. The van der Waals surface area contributed by atoms with Gasteiger partial charge in [-0.1, -0.05) is 36.4 Å². The lowest BCUT2D eigenvalue weighted by atomic mass is 10.0. The van der Waals surface area contributed by atoms with Crippen molar-refractivity contribution in [2.24, 2.45) is 0 Å². The maximum atomic E-state index is 12.6. The van der Waals surface area contributed by atoms with Crippen LogP contribution in [0, 0.1) is 6.92 Å². The van der Waals surface area contributed by atoms with Gasteiger partial charge < -0.3 is 9.47 Å². The minimum Gasteiger partial charge on any atom is -0.490 e. The Hall–Kier alpha value is -2.92. The first-order valence-corrected chi connectivity index (χ1v) is 9.07. The Balaban J connectivity index is 1.61. The summed E-state index contributed by atoms with van der Waals surface area (Å²) in [5.41, 5.74) is 1.71. The van der Waals surface area contributed by atoms with Gasteiger partial charge in [0, 0.05) is 5.56 Å². The average molecular weight is 366 g/mol. The molecule has 0 aliphatic rings. The molecule has 132 valence electrons. The maximum Gasteiger partial charge on any atom is 0.339 e. The van der Waals surface area contributed by atoms with E-state index in [1.54, 1.807) is 30.3 Å². The highest BCUT2D eigenvalue weighted by Gasteiger charge is 2.19. The number of hydrogen-bond donors (Lipinski definition) is 0. The highest BCUT2D eigenvalue weighted by atomic mass is 32.1. The predicted octanol–water partition coefficient (Wildman–Crippen LogP) is 4.52. The quantitative estimate of drug-likeness (QED) is 0.350. The molecule has 0 atom stereocenters. The van der Waals surface area contributed by atoms with Crippen molar-refractivity contribution < 1.29 is 19.1 Å². The van der Waals surface area contributed by atoms with Gasteiger partial charge in [-0.25, -0.2) is 4.79 Å². The summed E-state index contributed by atoms with van der Waals surface area (Å²) in [5.74, 6) is 0.0243. The SMILES string of the molecule is Cc1cccc(OCCOC(=O)c2ccccc2C(=O)c2cccs2)c1. The number of carbonyl (C=O) groups excluding carboxylic acids is 2. The van der Waals surface area contributed by atoms with Gasteiger partial charge in [0.2, 0.25) is 5.78 Å². The zero-order valence-corrected chi connectivity index (χ0v) is 15.1. The molecule has 0 amide bonds. The first kappa shape index (κ1) is 17.9. The summed E-state index contributed by atoms with van der Waals surface area (Å²) in [6.45, 7) is 2.33. The first-order valence-electron chi connectivity index (χ1n) is 8.19. The smallest absolute Gasteiger partial charge is 0.339 e. The molecule has 0 radical (unpaired) electrons. The third-order valence-corrected chi connectivity index (χ3v) is 4.58. The van der Waals surface area contributed by atoms with Crippen LogP contribution in [-0.2, 0) is 4.74 Å². The molecule has 0 N–H and O–H groups in total. The molecule has 0 aliphatic heterocycles. The number of thiophene rings is 1. The number of aryl methyl sites for hydroxylation is 1. The van der Waals surface area contributed by atoms with E-state index < -0.39 is 5.97 Å². The van der Waals surface area contributed by atoms with Gasteiger partial charge in [0.05, 0.1) is 10.4 Å². The van der Waals surface area contributed by atoms with Gasteiger partial charge in [0.1, 0.15) is 19.0 Å². The fourth-order valence-electron chi connectivity index (χ4n) is 2.48. The van der Waals surface area contributed by atoms with E-state index in [1.165, 1.54) is 11.3 Å². The molecule has 5 heteroatoms. The lowest BCUT2D eigenvalue weighted by Crippen LogP contribution is -2.15. The van der Waals surface area contributed by atoms with Crippen molar-refractivity contribution in [3.8, 4) is 5.75 Å². The van der Waals surface area contributed by atoms with Crippen LogP contribution in [0.4, 0.5) is 0 Å². The normalized spacial score (nSPS) is 10.3. The van der Waals surface area contributed by atoms with Crippen LogP contribution in [-0.4, -0.2) is 25.0 Å². The summed E-state index contributed by atoms with van der Waals surface area (Å²) in [5, 5.41) is 1.83. The summed E-state index contributed by atoms with van der Waals surface area (Å²) in [7, 11) is 0. The van der Waals surface area contributed by atoms with Gasteiger partial charge in [-0.15, -0.1) is 11.3 Å². The van der Waals surface area contributed by atoms with Crippen molar-refractivity contribution in [2.45, 2.75) is 6.92 Å². The lowest BCUT2D eigenvalue weighted by molar-refractivity contribution is 0.0448. The Bertz CT molecular complexity index is 900. The zero-order chi connectivity index (χ0) is 18.4. The summed E-state index contributed by atoms with van der Waals surface area (Å²) in [6.07, 6.45) is 0. The van der Waals surface area contributed by atoms with Crippen molar-refractivity contribution >= 4 is 23.1 Å². The fourth-order valence-corrected chi connectivity index (χ4v) is 3.15. The van der Waals surface area contributed by atoms with E-state index in [2.05, 4.69) is 0 Å². The molecular formula is C21H18O4S. The largest absolute Gasteiger partial charge is 0.490 e. The molecule has 3 aromatic rings. The van der Waals surface area contributed by atoms with Crippen molar-refractivity contribution in [1.82, 2.24) is 0 Å². The Morgan fingerprint density at radius 1 is 0.923 bits per heavy atom. The standard InChI is InChI=1S/C21H18O4S/c1-15-6-4-7-16(14-15)24-11-12-25-21(23)18-9-3-2-8-17(18)20(22)19-10-5-13-26-19/h2-10,13-14H,11-12H2,1H3. The second-order valence-electron chi connectivity index (χ2n) is 5.65. The van der Waals surface area contributed by atoms with E-state index in [0.717, 1.165) is 11.3 Å². The van der Waals surface area contributed by atoms with Crippen LogP contribution in [0.3, 0.4) is 0 Å². The highest BCUT2D eigenvalue weighted by Crippen LogP contribution is 2.19. The summed E-state index contributed by atoms with van der Waals surface area (Å²) in [4.78, 5) is 25.5. The molecule has 0 aliphatic carbocycles. The number of benzene rings is 2. The van der Waals surface area contributed by atoms with Gasteiger partial charge in [-0.3, -0.25) is 4.79 Å². The average Bonchev–Trinajstić information content (AvgIpc) is 3.19. The van der Waals surface area contributed by atoms with Crippen LogP contribution < -0.4 is 4.74 Å². The molecule has 2 aromatic carbocycles. The van der Waals surface area contributed by atoms with Crippen LogP contribution in [0.25, 0.3) is 0 Å². The molecular weight excluding hydrogens is 348 g/mol. The third-order valence-electron chi connectivity index (χ3n) is 3.71. The highest BCUT2D eigenvalue weighted by molar-refractivity contribution is 7.12. The summed E-state index contributed by atoms with van der Waals surface area (Å²) >= 11 is 1.34. The number of ketones is 1. The first-order chi connectivity index (χ1) is 12.6.